The van der Waals surface area contributed by atoms with Crippen molar-refractivity contribution in [1.82, 2.24) is 10.6 Å². The molecule has 1 aromatic carbocycles. The number of rotatable bonds is 6. The number of nitrogens with one attached hydrogen (secondary N) is 2. The van der Waals surface area contributed by atoms with E-state index in [2.05, 4.69) is 24.5 Å². The van der Waals surface area contributed by atoms with E-state index in [1.807, 2.05) is 30.3 Å². The Morgan fingerprint density at radius 2 is 2.10 bits per heavy atom. The summed E-state index contributed by atoms with van der Waals surface area (Å²) < 4.78 is 0. The Morgan fingerprint density at radius 1 is 1.33 bits per heavy atom. The highest BCUT2D eigenvalue weighted by Crippen LogP contribution is 2.21. The first kappa shape index (κ1) is 16.0. The third kappa shape index (κ3) is 4.31. The zero-order valence-electron chi connectivity index (χ0n) is 13.3. The Bertz CT molecular complexity index is 432. The number of carbonyl (C=O) groups is 1. The normalized spacial score (nSPS) is 23.5. The van der Waals surface area contributed by atoms with Crippen molar-refractivity contribution in [2.75, 3.05) is 13.1 Å². The highest BCUT2D eigenvalue weighted by Gasteiger charge is 2.25. The molecule has 2 N–H and O–H groups in total. The van der Waals surface area contributed by atoms with Gasteiger partial charge in [-0.1, -0.05) is 50.6 Å². The first-order valence-electron chi connectivity index (χ1n) is 8.32. The maximum atomic E-state index is 12.5. The number of hydrogen-bond donors (Lipinski definition) is 2. The highest BCUT2D eigenvalue weighted by molar-refractivity contribution is 5.83. The minimum Gasteiger partial charge on any atom is -0.354 e. The fraction of sp³-hybridized carbons (Fsp3) is 0.611. The summed E-state index contributed by atoms with van der Waals surface area (Å²) in [5.74, 6) is 0.816. The molecule has 0 saturated carbocycles. The van der Waals surface area contributed by atoms with Gasteiger partial charge in [-0.05, 0) is 37.3 Å². The van der Waals surface area contributed by atoms with Gasteiger partial charge < -0.3 is 10.6 Å². The molecule has 3 nitrogen and oxygen atoms in total. The first-order chi connectivity index (χ1) is 10.3. The molecule has 3 unspecified atom stereocenters. The van der Waals surface area contributed by atoms with Crippen molar-refractivity contribution >= 4 is 5.91 Å². The van der Waals surface area contributed by atoms with E-state index >= 15 is 0 Å². The molecule has 2 rings (SSSR count). The van der Waals surface area contributed by atoms with Crippen molar-refractivity contribution < 1.29 is 4.79 Å². The van der Waals surface area contributed by atoms with Crippen molar-refractivity contribution in [3.05, 3.63) is 35.9 Å². The number of hydrogen-bond acceptors (Lipinski definition) is 2. The Kier molecular flexibility index (Phi) is 6.24. The van der Waals surface area contributed by atoms with E-state index < -0.39 is 0 Å². The van der Waals surface area contributed by atoms with Crippen LogP contribution >= 0.6 is 0 Å². The van der Waals surface area contributed by atoms with Crippen LogP contribution in [0.1, 0.15) is 51.0 Å². The third-order valence-corrected chi connectivity index (χ3v) is 4.67. The van der Waals surface area contributed by atoms with Gasteiger partial charge >= 0.3 is 0 Å². The van der Waals surface area contributed by atoms with Crippen molar-refractivity contribution in [3.63, 3.8) is 0 Å². The number of piperidine rings is 1. The van der Waals surface area contributed by atoms with Crippen molar-refractivity contribution in [1.29, 1.82) is 0 Å². The molecule has 0 aromatic heterocycles. The fourth-order valence-electron chi connectivity index (χ4n) is 3.34. The number of carbonyl (C=O) groups excluding carboxylic acids is 1. The van der Waals surface area contributed by atoms with Crippen LogP contribution < -0.4 is 10.6 Å². The van der Waals surface area contributed by atoms with Crippen LogP contribution in [-0.4, -0.2) is 25.0 Å². The van der Waals surface area contributed by atoms with Crippen molar-refractivity contribution in [3.8, 4) is 0 Å². The van der Waals surface area contributed by atoms with Crippen molar-refractivity contribution in [2.24, 2.45) is 5.92 Å². The summed E-state index contributed by atoms with van der Waals surface area (Å²) in [6.07, 6.45) is 4.55. The van der Waals surface area contributed by atoms with Gasteiger partial charge in [-0.2, -0.15) is 0 Å². The third-order valence-electron chi connectivity index (χ3n) is 4.67. The minimum absolute atomic E-state index is 0.0325. The van der Waals surface area contributed by atoms with Crippen LogP contribution in [0, 0.1) is 5.92 Å². The van der Waals surface area contributed by atoms with E-state index in [4.69, 9.17) is 0 Å². The van der Waals surface area contributed by atoms with E-state index in [0.717, 1.165) is 25.1 Å². The van der Waals surface area contributed by atoms with Gasteiger partial charge in [0.1, 0.15) is 0 Å². The fourth-order valence-corrected chi connectivity index (χ4v) is 3.34. The second kappa shape index (κ2) is 8.18. The van der Waals surface area contributed by atoms with Crippen molar-refractivity contribution in [2.45, 2.75) is 51.5 Å². The molecule has 1 aliphatic heterocycles. The van der Waals surface area contributed by atoms with Crippen LogP contribution in [0.3, 0.4) is 0 Å². The van der Waals surface area contributed by atoms with Crippen LogP contribution in [0.25, 0.3) is 0 Å². The van der Waals surface area contributed by atoms with E-state index in [9.17, 15) is 4.79 Å². The molecule has 1 aromatic rings. The zero-order chi connectivity index (χ0) is 15.1. The van der Waals surface area contributed by atoms with Gasteiger partial charge in [0.25, 0.3) is 0 Å². The molecule has 0 radical (unpaired) electrons. The lowest BCUT2D eigenvalue weighted by Crippen LogP contribution is -2.49. The predicted molar refractivity (Wildman–Crippen MR) is 87.3 cm³/mol. The molecule has 0 bridgehead atoms. The van der Waals surface area contributed by atoms with E-state index in [1.165, 1.54) is 19.3 Å². The Labute approximate surface area is 128 Å². The molecule has 1 heterocycles. The van der Waals surface area contributed by atoms with Gasteiger partial charge in [0.15, 0.2) is 0 Å². The summed E-state index contributed by atoms with van der Waals surface area (Å²) >= 11 is 0. The van der Waals surface area contributed by atoms with Gasteiger partial charge in [-0.25, -0.2) is 0 Å². The SMILES string of the molecule is CCC(C(=O)NCC1NCCCC1CC)c1ccccc1. The van der Waals surface area contributed by atoms with Crippen LogP contribution in [0.2, 0.25) is 0 Å². The lowest BCUT2D eigenvalue weighted by Gasteiger charge is -2.32. The Balaban J connectivity index is 1.90. The van der Waals surface area contributed by atoms with Crippen LogP contribution in [-0.2, 0) is 4.79 Å². The molecule has 21 heavy (non-hydrogen) atoms. The lowest BCUT2D eigenvalue weighted by atomic mass is 9.88. The standard InChI is InChI=1S/C18H28N2O/c1-3-14-11-8-12-19-17(14)13-20-18(21)16(4-2)15-9-6-5-7-10-15/h5-7,9-10,14,16-17,19H,3-4,8,11-13H2,1-2H3,(H,20,21). The second-order valence-electron chi connectivity index (χ2n) is 5.99. The lowest BCUT2D eigenvalue weighted by molar-refractivity contribution is -0.122. The largest absolute Gasteiger partial charge is 0.354 e. The van der Waals surface area contributed by atoms with Crippen LogP contribution in [0.5, 0.6) is 0 Å². The minimum atomic E-state index is -0.0325. The van der Waals surface area contributed by atoms with Gasteiger partial charge in [0, 0.05) is 12.6 Å². The van der Waals surface area contributed by atoms with Gasteiger partial charge in [0.2, 0.25) is 5.91 Å². The highest BCUT2D eigenvalue weighted by atomic mass is 16.1. The Morgan fingerprint density at radius 3 is 2.76 bits per heavy atom. The van der Waals surface area contributed by atoms with E-state index in [1.54, 1.807) is 0 Å². The molecule has 0 spiro atoms. The van der Waals surface area contributed by atoms with Gasteiger partial charge in [-0.3, -0.25) is 4.79 Å². The molecular weight excluding hydrogens is 260 g/mol. The first-order valence-corrected chi connectivity index (χ1v) is 8.32. The van der Waals surface area contributed by atoms with Gasteiger partial charge in [-0.15, -0.1) is 0 Å². The number of benzene rings is 1. The molecule has 0 aliphatic carbocycles. The van der Waals surface area contributed by atoms with Crippen LogP contribution in [0.4, 0.5) is 0 Å². The summed E-state index contributed by atoms with van der Waals surface area (Å²) in [6, 6.07) is 10.5. The monoisotopic (exact) mass is 288 g/mol. The molecule has 116 valence electrons. The molecule has 1 saturated heterocycles. The van der Waals surface area contributed by atoms with E-state index in [-0.39, 0.29) is 11.8 Å². The molecule has 1 aliphatic rings. The second-order valence-corrected chi connectivity index (χ2v) is 5.99. The molecular formula is C18H28N2O. The maximum absolute atomic E-state index is 12.5. The van der Waals surface area contributed by atoms with Gasteiger partial charge in [0.05, 0.1) is 5.92 Å². The quantitative estimate of drug-likeness (QED) is 0.844. The van der Waals surface area contributed by atoms with Crippen LogP contribution in [0.15, 0.2) is 30.3 Å². The smallest absolute Gasteiger partial charge is 0.227 e. The summed E-state index contributed by atoms with van der Waals surface area (Å²) in [6.45, 7) is 6.14. The molecule has 1 amide bonds. The summed E-state index contributed by atoms with van der Waals surface area (Å²) in [5, 5.41) is 6.72. The Hall–Kier alpha value is -1.35. The summed E-state index contributed by atoms with van der Waals surface area (Å²) in [5.41, 5.74) is 1.11. The topological polar surface area (TPSA) is 41.1 Å². The maximum Gasteiger partial charge on any atom is 0.227 e. The predicted octanol–water partition coefficient (Wildman–Crippen LogP) is 3.07. The zero-order valence-corrected chi connectivity index (χ0v) is 13.3. The van der Waals surface area contributed by atoms with E-state index in [0.29, 0.717) is 12.0 Å². The molecule has 3 atom stereocenters. The average Bonchev–Trinajstić information content (AvgIpc) is 2.55. The molecule has 1 fully saturated rings. The summed E-state index contributed by atoms with van der Waals surface area (Å²) in [4.78, 5) is 12.5. The number of amides is 1. The summed E-state index contributed by atoms with van der Waals surface area (Å²) in [7, 11) is 0. The molecule has 3 heteroatoms. The average molecular weight is 288 g/mol.